The number of rotatable bonds is 11. The van der Waals surface area contributed by atoms with Gasteiger partial charge in [0.05, 0.1) is 17.4 Å². The fourth-order valence-electron chi connectivity index (χ4n) is 3.29. The third-order valence-corrected chi connectivity index (χ3v) is 4.87. The summed E-state index contributed by atoms with van der Waals surface area (Å²) in [6.45, 7) is 6.34. The SMILES string of the molecule is CC(=O)NCc1ccc(OCC(O)CNCCCn2cnc3ccccc32)c(C)c1. The Bertz CT molecular complexity index is 970. The second-order valence-electron chi connectivity index (χ2n) is 7.46. The number of ether oxygens (including phenoxy) is 1. The summed E-state index contributed by atoms with van der Waals surface area (Å²) < 4.78 is 7.90. The summed E-state index contributed by atoms with van der Waals surface area (Å²) in [5.74, 6) is 0.689. The van der Waals surface area contributed by atoms with Crippen LogP contribution < -0.4 is 15.4 Å². The standard InChI is InChI=1S/C23H30N4O3/c1-17-12-19(13-25-18(2)28)8-9-23(17)30-15-20(29)14-24-10-5-11-27-16-26-21-6-3-4-7-22(21)27/h3-4,6-9,12,16,20,24,29H,5,10-11,13-15H2,1-2H3,(H,25,28). The van der Waals surface area contributed by atoms with E-state index in [1.165, 1.54) is 6.92 Å². The van der Waals surface area contributed by atoms with Crippen LogP contribution in [0.3, 0.4) is 0 Å². The largest absolute Gasteiger partial charge is 0.491 e. The first-order valence-electron chi connectivity index (χ1n) is 10.3. The summed E-state index contributed by atoms with van der Waals surface area (Å²) >= 11 is 0. The van der Waals surface area contributed by atoms with Crippen LogP contribution in [0.4, 0.5) is 0 Å². The Morgan fingerprint density at radius 1 is 1.27 bits per heavy atom. The molecule has 0 radical (unpaired) electrons. The minimum absolute atomic E-state index is 0.0537. The molecule has 3 rings (SSSR count). The molecule has 0 saturated heterocycles. The molecule has 1 unspecified atom stereocenters. The first-order chi connectivity index (χ1) is 14.5. The topological polar surface area (TPSA) is 88.4 Å². The van der Waals surface area contributed by atoms with Crippen LogP contribution >= 0.6 is 0 Å². The molecule has 7 heteroatoms. The van der Waals surface area contributed by atoms with Crippen LogP contribution in [0.15, 0.2) is 48.8 Å². The lowest BCUT2D eigenvalue weighted by Gasteiger charge is -2.15. The van der Waals surface area contributed by atoms with Crippen LogP contribution in [0.5, 0.6) is 5.75 Å². The number of aromatic nitrogens is 2. The van der Waals surface area contributed by atoms with Gasteiger partial charge in [-0.1, -0.05) is 24.3 Å². The summed E-state index contributed by atoms with van der Waals surface area (Å²) in [6, 6.07) is 13.9. The van der Waals surface area contributed by atoms with Crippen molar-refractivity contribution in [1.29, 1.82) is 0 Å². The molecule has 1 aromatic heterocycles. The first kappa shape index (κ1) is 21.8. The molecule has 0 fully saturated rings. The van der Waals surface area contributed by atoms with E-state index in [2.05, 4.69) is 26.3 Å². The van der Waals surface area contributed by atoms with Crippen LogP contribution in [-0.2, 0) is 17.9 Å². The van der Waals surface area contributed by atoms with Crippen LogP contribution in [0.2, 0.25) is 0 Å². The predicted octanol–water partition coefficient (Wildman–Crippen LogP) is 2.40. The molecule has 0 spiro atoms. The smallest absolute Gasteiger partial charge is 0.217 e. The van der Waals surface area contributed by atoms with Gasteiger partial charge in [-0.05, 0) is 49.2 Å². The van der Waals surface area contributed by atoms with Crippen molar-refractivity contribution in [2.45, 2.75) is 39.5 Å². The Balaban J connectivity index is 1.34. The number of para-hydroxylation sites is 2. The van der Waals surface area contributed by atoms with Gasteiger partial charge in [-0.3, -0.25) is 4.79 Å². The number of fused-ring (bicyclic) bond motifs is 1. The van der Waals surface area contributed by atoms with E-state index in [9.17, 15) is 9.90 Å². The number of nitrogens with one attached hydrogen (secondary N) is 2. The Kier molecular flexibility index (Phi) is 7.82. The summed E-state index contributed by atoms with van der Waals surface area (Å²) in [5, 5.41) is 16.2. The number of carbonyl (C=O) groups is 1. The molecule has 30 heavy (non-hydrogen) atoms. The van der Waals surface area contributed by atoms with E-state index in [0.717, 1.165) is 47.4 Å². The molecule has 3 aromatic rings. The van der Waals surface area contributed by atoms with Gasteiger partial charge in [0.1, 0.15) is 18.5 Å². The van der Waals surface area contributed by atoms with E-state index >= 15 is 0 Å². The third kappa shape index (κ3) is 6.30. The Labute approximate surface area is 177 Å². The lowest BCUT2D eigenvalue weighted by molar-refractivity contribution is -0.119. The van der Waals surface area contributed by atoms with Crippen molar-refractivity contribution in [3.05, 3.63) is 59.9 Å². The van der Waals surface area contributed by atoms with Crippen LogP contribution in [0.25, 0.3) is 11.0 Å². The van der Waals surface area contributed by atoms with Crippen molar-refractivity contribution in [3.63, 3.8) is 0 Å². The maximum absolute atomic E-state index is 11.0. The van der Waals surface area contributed by atoms with E-state index in [0.29, 0.717) is 13.1 Å². The summed E-state index contributed by atoms with van der Waals surface area (Å²) in [5.41, 5.74) is 4.15. The fraction of sp³-hybridized carbons (Fsp3) is 0.391. The summed E-state index contributed by atoms with van der Waals surface area (Å²) in [7, 11) is 0. The van der Waals surface area contributed by atoms with Crippen LogP contribution in [0.1, 0.15) is 24.5 Å². The van der Waals surface area contributed by atoms with E-state index < -0.39 is 6.10 Å². The molecule has 0 aliphatic rings. The molecule has 3 N–H and O–H groups in total. The van der Waals surface area contributed by atoms with Crippen LogP contribution in [-0.4, -0.2) is 46.4 Å². The van der Waals surface area contributed by atoms with E-state index in [1.54, 1.807) is 0 Å². The highest BCUT2D eigenvalue weighted by Gasteiger charge is 2.08. The van der Waals surface area contributed by atoms with Gasteiger partial charge in [-0.25, -0.2) is 4.98 Å². The zero-order valence-electron chi connectivity index (χ0n) is 17.6. The average molecular weight is 411 g/mol. The van der Waals surface area contributed by atoms with Gasteiger partial charge in [0.15, 0.2) is 0 Å². The van der Waals surface area contributed by atoms with Gasteiger partial charge in [-0.15, -0.1) is 0 Å². The molecule has 7 nitrogen and oxygen atoms in total. The fourth-order valence-corrected chi connectivity index (χ4v) is 3.29. The van der Waals surface area contributed by atoms with Gasteiger partial charge >= 0.3 is 0 Å². The molecule has 160 valence electrons. The second-order valence-corrected chi connectivity index (χ2v) is 7.46. The summed E-state index contributed by atoms with van der Waals surface area (Å²) in [6.07, 6.45) is 2.23. The summed E-state index contributed by atoms with van der Waals surface area (Å²) in [4.78, 5) is 15.4. The number of benzene rings is 2. The molecule has 1 atom stereocenters. The molecule has 0 bridgehead atoms. The normalized spacial score (nSPS) is 12.1. The Morgan fingerprint density at radius 3 is 2.90 bits per heavy atom. The maximum Gasteiger partial charge on any atom is 0.217 e. The highest BCUT2D eigenvalue weighted by Crippen LogP contribution is 2.19. The van der Waals surface area contributed by atoms with Gasteiger partial charge in [0, 0.05) is 26.6 Å². The predicted molar refractivity (Wildman–Crippen MR) is 117 cm³/mol. The number of hydrogen-bond acceptors (Lipinski definition) is 5. The Morgan fingerprint density at radius 2 is 2.10 bits per heavy atom. The van der Waals surface area contributed by atoms with Crippen molar-refractivity contribution in [2.75, 3.05) is 19.7 Å². The van der Waals surface area contributed by atoms with E-state index in [4.69, 9.17) is 4.74 Å². The molecule has 0 saturated carbocycles. The lowest BCUT2D eigenvalue weighted by atomic mass is 10.1. The molecule has 1 heterocycles. The molecule has 0 aliphatic carbocycles. The van der Waals surface area contributed by atoms with E-state index in [-0.39, 0.29) is 12.5 Å². The number of nitrogens with zero attached hydrogens (tertiary/aromatic N) is 2. The third-order valence-electron chi connectivity index (χ3n) is 4.87. The van der Waals surface area contributed by atoms with Crippen molar-refractivity contribution in [3.8, 4) is 5.75 Å². The average Bonchev–Trinajstić information content (AvgIpc) is 3.14. The zero-order valence-corrected chi connectivity index (χ0v) is 17.6. The minimum Gasteiger partial charge on any atom is -0.491 e. The quantitative estimate of drug-likeness (QED) is 0.423. The van der Waals surface area contributed by atoms with Crippen LogP contribution in [0, 0.1) is 6.92 Å². The molecule has 0 aliphatic heterocycles. The molecular weight excluding hydrogens is 380 g/mol. The second kappa shape index (κ2) is 10.8. The number of aliphatic hydroxyl groups excluding tert-OH is 1. The number of aliphatic hydroxyl groups is 1. The number of imidazole rings is 1. The van der Waals surface area contributed by atoms with E-state index in [1.807, 2.05) is 49.6 Å². The maximum atomic E-state index is 11.0. The number of carbonyl (C=O) groups excluding carboxylic acids is 1. The van der Waals surface area contributed by atoms with Crippen molar-refractivity contribution in [2.24, 2.45) is 0 Å². The zero-order chi connectivity index (χ0) is 21.3. The molecular formula is C23H30N4O3. The molecule has 2 aromatic carbocycles. The van der Waals surface area contributed by atoms with Gasteiger partial charge in [0.2, 0.25) is 5.91 Å². The first-order valence-corrected chi connectivity index (χ1v) is 10.3. The van der Waals surface area contributed by atoms with Gasteiger partial charge < -0.3 is 25.0 Å². The monoisotopic (exact) mass is 410 g/mol. The number of aryl methyl sites for hydroxylation is 2. The highest BCUT2D eigenvalue weighted by molar-refractivity contribution is 5.74. The van der Waals surface area contributed by atoms with Gasteiger partial charge in [0.25, 0.3) is 0 Å². The highest BCUT2D eigenvalue weighted by atomic mass is 16.5. The van der Waals surface area contributed by atoms with Crippen molar-refractivity contribution in [1.82, 2.24) is 20.2 Å². The number of hydrogen-bond donors (Lipinski definition) is 3. The van der Waals surface area contributed by atoms with Crippen molar-refractivity contribution >= 4 is 16.9 Å². The minimum atomic E-state index is -0.586. The van der Waals surface area contributed by atoms with Gasteiger partial charge in [-0.2, -0.15) is 0 Å². The Hall–Kier alpha value is -2.90. The molecule has 1 amide bonds. The number of amides is 1. The lowest BCUT2D eigenvalue weighted by Crippen LogP contribution is -2.32. The van der Waals surface area contributed by atoms with Crippen molar-refractivity contribution < 1.29 is 14.6 Å².